The Balaban J connectivity index is 2.61. The molecular formula is C12H19N3O3. The fourth-order valence-electron chi connectivity index (χ4n) is 1.58. The zero-order chi connectivity index (χ0) is 13.5. The average Bonchev–Trinajstić information content (AvgIpc) is 2.78. The maximum absolute atomic E-state index is 11.7. The van der Waals surface area contributed by atoms with E-state index in [9.17, 15) is 9.59 Å². The number of nitrogens with zero attached hydrogens (tertiary/aromatic N) is 1. The zero-order valence-corrected chi connectivity index (χ0v) is 10.9. The number of nitrogens with one attached hydrogen (secondary N) is 2. The standard InChI is InChI=1S/C12H19N3O3/c1-8(2)4-11(16)15-10(12(17)18-3)5-9-6-13-7-14-9/h6-8,10H,4-5H2,1-3H3,(H,13,14)(H,15,16)/t10-/m0/s1. The van der Waals surface area contributed by atoms with E-state index in [1.807, 2.05) is 13.8 Å². The molecule has 0 spiro atoms. The van der Waals surface area contributed by atoms with Gasteiger partial charge < -0.3 is 15.0 Å². The predicted molar refractivity (Wildman–Crippen MR) is 65.7 cm³/mol. The van der Waals surface area contributed by atoms with Crippen molar-refractivity contribution in [2.24, 2.45) is 5.92 Å². The number of methoxy groups -OCH3 is 1. The first kappa shape index (κ1) is 14.2. The molecule has 0 saturated heterocycles. The van der Waals surface area contributed by atoms with Crippen molar-refractivity contribution in [3.05, 3.63) is 18.2 Å². The first-order chi connectivity index (χ1) is 8.52. The summed E-state index contributed by atoms with van der Waals surface area (Å²) in [5.41, 5.74) is 0.773. The van der Waals surface area contributed by atoms with Gasteiger partial charge in [-0.25, -0.2) is 9.78 Å². The van der Waals surface area contributed by atoms with E-state index in [1.165, 1.54) is 13.4 Å². The second-order valence-corrected chi connectivity index (χ2v) is 4.52. The van der Waals surface area contributed by atoms with Crippen LogP contribution in [0.15, 0.2) is 12.5 Å². The van der Waals surface area contributed by atoms with Gasteiger partial charge in [0, 0.05) is 24.7 Å². The van der Waals surface area contributed by atoms with Crippen LogP contribution in [0.2, 0.25) is 0 Å². The molecule has 100 valence electrons. The molecule has 0 aliphatic heterocycles. The molecule has 0 bridgehead atoms. The lowest BCUT2D eigenvalue weighted by Gasteiger charge is -2.16. The van der Waals surface area contributed by atoms with Gasteiger partial charge in [-0.2, -0.15) is 0 Å². The average molecular weight is 253 g/mol. The fraction of sp³-hybridized carbons (Fsp3) is 0.583. The Morgan fingerprint density at radius 2 is 2.22 bits per heavy atom. The highest BCUT2D eigenvalue weighted by atomic mass is 16.5. The van der Waals surface area contributed by atoms with Crippen LogP contribution >= 0.6 is 0 Å². The molecule has 1 heterocycles. The van der Waals surface area contributed by atoms with Crippen molar-refractivity contribution < 1.29 is 14.3 Å². The van der Waals surface area contributed by atoms with E-state index < -0.39 is 12.0 Å². The Bertz CT molecular complexity index is 387. The molecule has 6 nitrogen and oxygen atoms in total. The molecule has 1 rings (SSSR count). The van der Waals surface area contributed by atoms with E-state index in [1.54, 1.807) is 6.20 Å². The maximum Gasteiger partial charge on any atom is 0.328 e. The summed E-state index contributed by atoms with van der Waals surface area (Å²) in [7, 11) is 1.30. The van der Waals surface area contributed by atoms with E-state index >= 15 is 0 Å². The maximum atomic E-state index is 11.7. The minimum Gasteiger partial charge on any atom is -0.467 e. The third-order valence-corrected chi connectivity index (χ3v) is 2.39. The minimum atomic E-state index is -0.679. The van der Waals surface area contributed by atoms with Crippen molar-refractivity contribution in [1.29, 1.82) is 0 Å². The molecule has 0 aliphatic carbocycles. The number of carbonyl (C=O) groups is 2. The molecule has 6 heteroatoms. The van der Waals surface area contributed by atoms with E-state index in [4.69, 9.17) is 0 Å². The van der Waals surface area contributed by atoms with Crippen LogP contribution in [-0.4, -0.2) is 35.0 Å². The topological polar surface area (TPSA) is 84.1 Å². The van der Waals surface area contributed by atoms with Crippen molar-refractivity contribution in [3.63, 3.8) is 0 Å². The number of carbonyl (C=O) groups excluding carboxylic acids is 2. The molecule has 1 aromatic heterocycles. The van der Waals surface area contributed by atoms with Gasteiger partial charge in [0.15, 0.2) is 0 Å². The van der Waals surface area contributed by atoms with Gasteiger partial charge in [-0.3, -0.25) is 4.79 Å². The van der Waals surface area contributed by atoms with Gasteiger partial charge in [0.05, 0.1) is 13.4 Å². The Labute approximate surface area is 106 Å². The number of rotatable bonds is 6. The summed E-state index contributed by atoms with van der Waals surface area (Å²) in [6, 6.07) is -0.679. The number of imidazole rings is 1. The fourth-order valence-corrected chi connectivity index (χ4v) is 1.58. The summed E-state index contributed by atoms with van der Waals surface area (Å²) in [6.07, 6.45) is 3.87. The van der Waals surface area contributed by atoms with Crippen LogP contribution in [0, 0.1) is 5.92 Å². The summed E-state index contributed by atoms with van der Waals surface area (Å²) < 4.78 is 4.68. The van der Waals surface area contributed by atoms with Gasteiger partial charge in [-0.15, -0.1) is 0 Å². The molecule has 2 N–H and O–H groups in total. The van der Waals surface area contributed by atoms with Crippen molar-refractivity contribution in [3.8, 4) is 0 Å². The lowest BCUT2D eigenvalue weighted by molar-refractivity contribution is -0.145. The molecule has 1 amide bonds. The van der Waals surface area contributed by atoms with Gasteiger partial charge in [-0.1, -0.05) is 13.8 Å². The largest absolute Gasteiger partial charge is 0.467 e. The number of amides is 1. The molecule has 18 heavy (non-hydrogen) atoms. The highest BCUT2D eigenvalue weighted by Gasteiger charge is 2.22. The SMILES string of the molecule is COC(=O)[C@H](Cc1cnc[nH]1)NC(=O)CC(C)C. The number of esters is 1. The molecule has 1 atom stereocenters. The molecule has 0 unspecified atom stereocenters. The minimum absolute atomic E-state index is 0.153. The van der Waals surface area contributed by atoms with Crippen LogP contribution in [0.1, 0.15) is 26.0 Å². The van der Waals surface area contributed by atoms with Crippen molar-refractivity contribution >= 4 is 11.9 Å². The van der Waals surface area contributed by atoms with E-state index in [-0.39, 0.29) is 11.8 Å². The van der Waals surface area contributed by atoms with E-state index in [0.29, 0.717) is 12.8 Å². The third kappa shape index (κ3) is 4.57. The monoisotopic (exact) mass is 253 g/mol. The normalized spacial score (nSPS) is 12.2. The zero-order valence-electron chi connectivity index (χ0n) is 10.9. The van der Waals surface area contributed by atoms with E-state index in [2.05, 4.69) is 20.0 Å². The van der Waals surface area contributed by atoms with Crippen LogP contribution in [0.25, 0.3) is 0 Å². The van der Waals surface area contributed by atoms with Gasteiger partial charge >= 0.3 is 5.97 Å². The first-order valence-corrected chi connectivity index (χ1v) is 5.87. The third-order valence-electron chi connectivity index (χ3n) is 2.39. The molecule has 1 aromatic rings. The van der Waals surface area contributed by atoms with Gasteiger partial charge in [0.25, 0.3) is 0 Å². The lowest BCUT2D eigenvalue weighted by atomic mass is 10.1. The predicted octanol–water partition coefficient (Wildman–Crippen LogP) is 0.656. The molecule has 0 saturated carbocycles. The highest BCUT2D eigenvalue weighted by Crippen LogP contribution is 2.03. The number of aromatic amines is 1. The summed E-state index contributed by atoms with van der Waals surface area (Å²) in [6.45, 7) is 3.89. The van der Waals surface area contributed by atoms with Crippen LogP contribution in [0.4, 0.5) is 0 Å². The number of hydrogen-bond donors (Lipinski definition) is 2. The number of H-pyrrole nitrogens is 1. The summed E-state index contributed by atoms with van der Waals surface area (Å²) in [4.78, 5) is 30.0. The Morgan fingerprint density at radius 1 is 1.50 bits per heavy atom. The van der Waals surface area contributed by atoms with Gasteiger partial charge in [0.2, 0.25) is 5.91 Å². The summed E-state index contributed by atoms with van der Waals surface area (Å²) >= 11 is 0. The van der Waals surface area contributed by atoms with Gasteiger partial charge in [0.1, 0.15) is 6.04 Å². The quantitative estimate of drug-likeness (QED) is 0.729. The van der Waals surface area contributed by atoms with Crippen molar-refractivity contribution in [1.82, 2.24) is 15.3 Å². The Kier molecular flexibility index (Phi) is 5.35. The molecule has 0 radical (unpaired) electrons. The van der Waals surface area contributed by atoms with Gasteiger partial charge in [-0.05, 0) is 5.92 Å². The van der Waals surface area contributed by atoms with Crippen LogP contribution in [-0.2, 0) is 20.7 Å². The number of aromatic nitrogens is 2. The molecule has 0 aromatic carbocycles. The van der Waals surface area contributed by atoms with Crippen LogP contribution in [0.3, 0.4) is 0 Å². The second kappa shape index (κ2) is 6.78. The van der Waals surface area contributed by atoms with Crippen LogP contribution < -0.4 is 5.32 Å². The van der Waals surface area contributed by atoms with Crippen molar-refractivity contribution in [2.45, 2.75) is 32.7 Å². The van der Waals surface area contributed by atoms with Crippen LogP contribution in [0.5, 0.6) is 0 Å². The molecular weight excluding hydrogens is 234 g/mol. The smallest absolute Gasteiger partial charge is 0.328 e. The summed E-state index contributed by atoms with van der Waals surface area (Å²) in [5, 5.41) is 2.68. The first-order valence-electron chi connectivity index (χ1n) is 5.87. The number of hydrogen-bond acceptors (Lipinski definition) is 4. The van der Waals surface area contributed by atoms with Crippen molar-refractivity contribution in [2.75, 3.05) is 7.11 Å². The number of ether oxygens (including phenoxy) is 1. The second-order valence-electron chi connectivity index (χ2n) is 4.52. The summed E-state index contributed by atoms with van der Waals surface area (Å²) in [5.74, 6) is -0.364. The lowest BCUT2D eigenvalue weighted by Crippen LogP contribution is -2.43. The highest BCUT2D eigenvalue weighted by molar-refractivity contribution is 5.84. The van der Waals surface area contributed by atoms with E-state index in [0.717, 1.165) is 5.69 Å². The Hall–Kier alpha value is -1.85. The molecule has 0 fully saturated rings. The molecule has 0 aliphatic rings. The Morgan fingerprint density at radius 3 is 2.72 bits per heavy atom.